The number of benzene rings is 2. The molecule has 10 N–H and O–H groups in total. The van der Waals surface area contributed by atoms with Crippen LogP contribution in [0.4, 0.5) is 22.7 Å². The van der Waals surface area contributed by atoms with Crippen molar-refractivity contribution in [3.8, 4) is 11.1 Å². The molecule has 2 rings (SSSR count). The molecule has 22 heavy (non-hydrogen) atoms. The van der Waals surface area contributed by atoms with Crippen LogP contribution in [0.2, 0.25) is 0 Å². The van der Waals surface area contributed by atoms with Crippen LogP contribution in [-0.4, -0.2) is 17.5 Å². The molecule has 0 radical (unpaired) electrons. The standard InChI is InChI=1S/C12H14N4.Ni.H2O4S/c13-9-3-1-7(5-11(9)15)8-2-4-10(14)12(16)6-8;;1-5(2,3)4/h1-6H,13-16H2;;(H2,1,2,3,4). The zero-order chi connectivity index (χ0) is 16.2. The quantitative estimate of drug-likeness (QED) is 0.244. The van der Waals surface area contributed by atoms with Crippen molar-refractivity contribution in [2.24, 2.45) is 0 Å². The molecule has 0 aliphatic rings. The third-order valence-electron chi connectivity index (χ3n) is 2.51. The normalized spacial score (nSPS) is 10.1. The van der Waals surface area contributed by atoms with Crippen LogP contribution in [0.3, 0.4) is 0 Å². The van der Waals surface area contributed by atoms with Gasteiger partial charge in [0.2, 0.25) is 0 Å². The fourth-order valence-electron chi connectivity index (χ4n) is 1.51. The number of nitrogen functional groups attached to an aromatic ring is 4. The Labute approximate surface area is 138 Å². The Morgan fingerprint density at radius 2 is 0.955 bits per heavy atom. The van der Waals surface area contributed by atoms with Gasteiger partial charge in [0.1, 0.15) is 0 Å². The summed E-state index contributed by atoms with van der Waals surface area (Å²) in [6, 6.07) is 11.0. The number of hydrogen-bond donors (Lipinski definition) is 6. The van der Waals surface area contributed by atoms with Crippen molar-refractivity contribution in [3.63, 3.8) is 0 Å². The topological polar surface area (TPSA) is 179 Å². The molecule has 0 saturated carbocycles. The summed E-state index contributed by atoms with van der Waals surface area (Å²) >= 11 is 0. The van der Waals surface area contributed by atoms with Crippen LogP contribution in [0.5, 0.6) is 0 Å². The zero-order valence-electron chi connectivity index (χ0n) is 11.2. The summed E-state index contributed by atoms with van der Waals surface area (Å²) in [7, 11) is -4.67. The van der Waals surface area contributed by atoms with Crippen LogP contribution >= 0.6 is 0 Å². The van der Waals surface area contributed by atoms with Gasteiger partial charge in [0.05, 0.1) is 22.7 Å². The Kier molecular flexibility index (Phi) is 7.14. The molecule has 10 heteroatoms. The Bertz CT molecular complexity index is 695. The second kappa shape index (κ2) is 7.85. The molecule has 0 spiro atoms. The largest absolute Gasteiger partial charge is 0.397 e. The minimum atomic E-state index is -4.67. The van der Waals surface area contributed by atoms with Gasteiger partial charge in [-0.25, -0.2) is 0 Å². The Balaban J connectivity index is 0.000000644. The van der Waals surface area contributed by atoms with E-state index in [2.05, 4.69) is 0 Å². The van der Waals surface area contributed by atoms with Gasteiger partial charge < -0.3 is 22.9 Å². The number of rotatable bonds is 1. The van der Waals surface area contributed by atoms with Gasteiger partial charge in [-0.3, -0.25) is 9.11 Å². The number of hydrogen-bond acceptors (Lipinski definition) is 6. The van der Waals surface area contributed by atoms with E-state index in [0.29, 0.717) is 22.7 Å². The van der Waals surface area contributed by atoms with Gasteiger partial charge in [0, 0.05) is 16.5 Å². The van der Waals surface area contributed by atoms with E-state index in [-0.39, 0.29) is 16.5 Å². The molecular weight excluding hydrogens is 355 g/mol. The van der Waals surface area contributed by atoms with Crippen molar-refractivity contribution >= 4 is 33.1 Å². The van der Waals surface area contributed by atoms with Gasteiger partial charge in [0.15, 0.2) is 0 Å². The molecule has 0 unspecified atom stereocenters. The molecule has 0 amide bonds. The number of nitrogens with two attached hydrogens (primary N) is 4. The maximum Gasteiger partial charge on any atom is 0.394 e. The fourth-order valence-corrected chi connectivity index (χ4v) is 1.51. The fraction of sp³-hybridized carbons (Fsp3) is 0. The minimum Gasteiger partial charge on any atom is -0.397 e. The Morgan fingerprint density at radius 1 is 0.682 bits per heavy atom. The van der Waals surface area contributed by atoms with Gasteiger partial charge in [-0.05, 0) is 35.4 Å². The average Bonchev–Trinajstić information content (AvgIpc) is 2.34. The molecule has 0 bridgehead atoms. The predicted molar refractivity (Wildman–Crippen MR) is 83.7 cm³/mol. The molecule has 0 aliphatic carbocycles. The summed E-state index contributed by atoms with van der Waals surface area (Å²) in [5.74, 6) is 0. The summed E-state index contributed by atoms with van der Waals surface area (Å²) in [4.78, 5) is 0. The van der Waals surface area contributed by atoms with Gasteiger partial charge >= 0.3 is 10.4 Å². The third kappa shape index (κ3) is 6.64. The van der Waals surface area contributed by atoms with Crippen molar-refractivity contribution in [2.75, 3.05) is 22.9 Å². The van der Waals surface area contributed by atoms with Crippen LogP contribution in [-0.2, 0) is 26.9 Å². The molecule has 2 aromatic rings. The predicted octanol–water partition coefficient (Wildman–Crippen LogP) is 1.03. The van der Waals surface area contributed by atoms with E-state index in [9.17, 15) is 0 Å². The summed E-state index contributed by atoms with van der Waals surface area (Å²) in [6.07, 6.45) is 0. The summed E-state index contributed by atoms with van der Waals surface area (Å²) < 4.78 is 31.6. The summed E-state index contributed by atoms with van der Waals surface area (Å²) in [5, 5.41) is 0. The molecule has 0 aliphatic heterocycles. The first kappa shape index (κ1) is 20.0. The monoisotopic (exact) mass is 370 g/mol. The van der Waals surface area contributed by atoms with Crippen molar-refractivity contribution in [1.82, 2.24) is 0 Å². The molecule has 8 nitrogen and oxygen atoms in total. The van der Waals surface area contributed by atoms with E-state index in [0.717, 1.165) is 11.1 Å². The molecular formula is C12H16N4NiO4S. The van der Waals surface area contributed by atoms with Crippen molar-refractivity contribution < 1.29 is 34.0 Å². The summed E-state index contributed by atoms with van der Waals surface area (Å²) in [6.45, 7) is 0. The molecule has 0 atom stereocenters. The smallest absolute Gasteiger partial charge is 0.394 e. The van der Waals surface area contributed by atoms with E-state index in [1.807, 2.05) is 24.3 Å². The van der Waals surface area contributed by atoms with Crippen LogP contribution in [0.25, 0.3) is 11.1 Å². The second-order valence-electron chi connectivity index (χ2n) is 4.14. The summed E-state index contributed by atoms with van der Waals surface area (Å²) in [5.41, 5.74) is 27.0. The third-order valence-corrected chi connectivity index (χ3v) is 2.51. The Hall–Kier alpha value is -2.00. The number of anilines is 4. The second-order valence-corrected chi connectivity index (χ2v) is 5.03. The van der Waals surface area contributed by atoms with Gasteiger partial charge in [-0.2, -0.15) is 8.42 Å². The van der Waals surface area contributed by atoms with E-state index < -0.39 is 10.4 Å². The van der Waals surface area contributed by atoms with Crippen LogP contribution < -0.4 is 22.9 Å². The first-order valence-electron chi connectivity index (χ1n) is 5.58. The van der Waals surface area contributed by atoms with Crippen LogP contribution in [0, 0.1) is 0 Å². The van der Waals surface area contributed by atoms with E-state index in [4.69, 9.17) is 40.5 Å². The molecule has 0 aromatic heterocycles. The zero-order valence-corrected chi connectivity index (χ0v) is 13.0. The van der Waals surface area contributed by atoms with Gasteiger partial charge in [-0.1, -0.05) is 12.1 Å². The molecule has 2 aromatic carbocycles. The first-order chi connectivity index (χ1) is 9.58. The van der Waals surface area contributed by atoms with Crippen molar-refractivity contribution in [3.05, 3.63) is 36.4 Å². The Morgan fingerprint density at radius 3 is 1.18 bits per heavy atom. The van der Waals surface area contributed by atoms with Crippen LogP contribution in [0.15, 0.2) is 36.4 Å². The average molecular weight is 371 g/mol. The molecule has 0 fully saturated rings. The van der Waals surface area contributed by atoms with Gasteiger partial charge in [0.25, 0.3) is 0 Å². The minimum absolute atomic E-state index is 0. The van der Waals surface area contributed by atoms with E-state index >= 15 is 0 Å². The maximum absolute atomic E-state index is 8.74. The van der Waals surface area contributed by atoms with E-state index in [1.165, 1.54) is 0 Å². The molecule has 0 saturated heterocycles. The molecule has 0 heterocycles. The molecule has 124 valence electrons. The van der Waals surface area contributed by atoms with Crippen molar-refractivity contribution in [2.45, 2.75) is 0 Å². The SMILES string of the molecule is Nc1ccc(-c2ccc(N)c(N)c2)cc1N.O=S(=O)(O)O.[Ni]. The van der Waals surface area contributed by atoms with Gasteiger partial charge in [-0.15, -0.1) is 0 Å². The van der Waals surface area contributed by atoms with E-state index in [1.54, 1.807) is 12.1 Å². The van der Waals surface area contributed by atoms with Crippen LogP contribution in [0.1, 0.15) is 0 Å². The van der Waals surface area contributed by atoms with Crippen molar-refractivity contribution in [1.29, 1.82) is 0 Å². The maximum atomic E-state index is 8.74. The first-order valence-corrected chi connectivity index (χ1v) is 6.98.